The van der Waals surface area contributed by atoms with E-state index in [-0.39, 0.29) is 4.90 Å². The maximum Gasteiger partial charge on any atom is 0.333 e. The van der Waals surface area contributed by atoms with Gasteiger partial charge in [-0.2, -0.15) is 0 Å². The van der Waals surface area contributed by atoms with Crippen LogP contribution in [0.2, 0.25) is 0 Å². The van der Waals surface area contributed by atoms with Crippen molar-refractivity contribution in [2.45, 2.75) is 31.3 Å². The number of rotatable bonds is 7. The fraction of sp³-hybridized carbons (Fsp3) is 0.462. The molecule has 1 rings (SSSR count). The number of aliphatic carboxylic acids is 1. The lowest BCUT2D eigenvalue weighted by atomic mass is 10.0. The lowest BCUT2D eigenvalue weighted by molar-refractivity contribution is -0.146. The number of sulfonamides is 1. The summed E-state index contributed by atoms with van der Waals surface area (Å²) in [5.74, 6) is -0.999. The molecule has 0 fully saturated rings. The molecule has 1 atom stereocenters. The third-order valence-electron chi connectivity index (χ3n) is 2.63. The van der Waals surface area contributed by atoms with Crippen molar-refractivity contribution in [2.75, 3.05) is 6.54 Å². The van der Waals surface area contributed by atoms with Gasteiger partial charge < -0.3 is 10.2 Å². The number of carboxylic acids is 1. The first-order valence-corrected chi connectivity index (χ1v) is 7.70. The van der Waals surface area contributed by atoms with Crippen LogP contribution in [0.3, 0.4) is 0 Å². The molecule has 1 aromatic rings. The minimum Gasteiger partial charge on any atom is -0.479 e. The van der Waals surface area contributed by atoms with Crippen LogP contribution in [0.1, 0.15) is 19.4 Å². The van der Waals surface area contributed by atoms with Crippen molar-refractivity contribution in [3.8, 4) is 0 Å². The van der Waals surface area contributed by atoms with Gasteiger partial charge in [0.15, 0.2) is 6.10 Å². The molecule has 3 N–H and O–H groups in total. The molecule has 0 radical (unpaired) electrons. The number of nitrogens with one attached hydrogen (secondary N) is 1. The Labute approximate surface area is 118 Å². The Morgan fingerprint density at radius 1 is 1.25 bits per heavy atom. The first kappa shape index (κ1) is 16.6. The monoisotopic (exact) mass is 301 g/mol. The zero-order valence-electron chi connectivity index (χ0n) is 11.4. The normalized spacial score (nSPS) is 13.4. The molecule has 0 amide bonds. The largest absolute Gasteiger partial charge is 0.479 e. The Balaban J connectivity index is 2.75. The van der Waals surface area contributed by atoms with Crippen LogP contribution in [0, 0.1) is 5.92 Å². The molecule has 1 aromatic carbocycles. The summed E-state index contributed by atoms with van der Waals surface area (Å²) < 4.78 is 25.8. The van der Waals surface area contributed by atoms with E-state index in [4.69, 9.17) is 10.2 Å². The van der Waals surface area contributed by atoms with E-state index in [1.165, 1.54) is 12.1 Å². The van der Waals surface area contributed by atoms with E-state index in [1.54, 1.807) is 12.1 Å². The molecule has 0 saturated heterocycles. The van der Waals surface area contributed by atoms with Gasteiger partial charge in [-0.3, -0.25) is 0 Å². The lowest BCUT2D eigenvalue weighted by Gasteiger charge is -2.10. The van der Waals surface area contributed by atoms with E-state index in [9.17, 15) is 13.2 Å². The molecule has 0 aromatic heterocycles. The van der Waals surface area contributed by atoms with Crippen molar-refractivity contribution in [3.05, 3.63) is 29.8 Å². The van der Waals surface area contributed by atoms with Crippen molar-refractivity contribution in [3.63, 3.8) is 0 Å². The van der Waals surface area contributed by atoms with Crippen LogP contribution >= 0.6 is 0 Å². The summed E-state index contributed by atoms with van der Waals surface area (Å²) >= 11 is 0. The van der Waals surface area contributed by atoms with Crippen molar-refractivity contribution < 1.29 is 23.4 Å². The van der Waals surface area contributed by atoms with Gasteiger partial charge in [0.2, 0.25) is 10.0 Å². The number of aliphatic hydroxyl groups is 1. The number of aliphatic hydroxyl groups excluding tert-OH is 1. The molecule has 1 unspecified atom stereocenters. The van der Waals surface area contributed by atoms with Gasteiger partial charge in [0.1, 0.15) is 0 Å². The zero-order chi connectivity index (χ0) is 15.3. The Morgan fingerprint density at radius 3 is 2.25 bits per heavy atom. The molecule has 0 bridgehead atoms. The maximum absolute atomic E-state index is 11.9. The highest BCUT2D eigenvalue weighted by Crippen LogP contribution is 2.13. The molecule has 7 heteroatoms. The Kier molecular flexibility index (Phi) is 5.67. The van der Waals surface area contributed by atoms with Crippen LogP contribution in [0.15, 0.2) is 29.2 Å². The van der Waals surface area contributed by atoms with Gasteiger partial charge in [0, 0.05) is 6.54 Å². The Bertz CT molecular complexity index is 551. The fourth-order valence-corrected chi connectivity index (χ4v) is 2.67. The first-order valence-electron chi connectivity index (χ1n) is 6.22. The summed E-state index contributed by atoms with van der Waals surface area (Å²) in [7, 11) is -3.81. The minimum atomic E-state index is -3.81. The number of benzene rings is 1. The highest BCUT2D eigenvalue weighted by atomic mass is 32.2. The highest BCUT2D eigenvalue weighted by molar-refractivity contribution is 7.89. The lowest BCUT2D eigenvalue weighted by Crippen LogP contribution is -2.36. The average Bonchev–Trinajstić information content (AvgIpc) is 2.35. The number of carbonyl (C=O) groups is 1. The molecule has 112 valence electrons. The summed E-state index contributed by atoms with van der Waals surface area (Å²) in [4.78, 5) is 10.5. The average molecular weight is 301 g/mol. The second-order valence-electron chi connectivity index (χ2n) is 4.95. The fourth-order valence-electron chi connectivity index (χ4n) is 1.64. The van der Waals surface area contributed by atoms with Crippen molar-refractivity contribution in [1.82, 2.24) is 4.72 Å². The van der Waals surface area contributed by atoms with Crippen LogP contribution in [0.4, 0.5) is 0 Å². The molecule has 0 heterocycles. The van der Waals surface area contributed by atoms with E-state index < -0.39 is 28.6 Å². The predicted molar refractivity (Wildman–Crippen MR) is 73.8 cm³/mol. The molecule has 0 aliphatic heterocycles. The summed E-state index contributed by atoms with van der Waals surface area (Å²) in [5, 5.41) is 17.5. The van der Waals surface area contributed by atoms with Crippen LogP contribution in [0.5, 0.6) is 0 Å². The van der Waals surface area contributed by atoms with Gasteiger partial charge in [-0.05, 0) is 30.0 Å². The predicted octanol–water partition coefficient (Wildman–Crippen LogP) is 0.609. The van der Waals surface area contributed by atoms with Gasteiger partial charge in [-0.15, -0.1) is 0 Å². The molecular weight excluding hydrogens is 282 g/mol. The third-order valence-corrected chi connectivity index (χ3v) is 4.07. The van der Waals surface area contributed by atoms with Gasteiger partial charge in [0.25, 0.3) is 0 Å². The topological polar surface area (TPSA) is 104 Å². The SMILES string of the molecule is CC(C)Cc1ccc(S(=O)(=O)NCC(O)C(=O)O)cc1. The summed E-state index contributed by atoms with van der Waals surface area (Å²) in [6.07, 6.45) is -0.907. The molecule has 6 nitrogen and oxygen atoms in total. The number of hydrogen-bond donors (Lipinski definition) is 3. The Hall–Kier alpha value is -1.44. The zero-order valence-corrected chi connectivity index (χ0v) is 12.2. The third kappa shape index (κ3) is 4.92. The van der Waals surface area contributed by atoms with E-state index in [0.717, 1.165) is 12.0 Å². The summed E-state index contributed by atoms with van der Waals surface area (Å²) in [6, 6.07) is 6.38. The second-order valence-corrected chi connectivity index (χ2v) is 6.71. The van der Waals surface area contributed by atoms with Crippen LogP contribution in [0.25, 0.3) is 0 Å². The molecule has 0 aliphatic carbocycles. The maximum atomic E-state index is 11.9. The van der Waals surface area contributed by atoms with Crippen LogP contribution in [-0.2, 0) is 21.2 Å². The van der Waals surface area contributed by atoms with Gasteiger partial charge in [-0.1, -0.05) is 26.0 Å². The Morgan fingerprint density at radius 2 is 1.80 bits per heavy atom. The van der Waals surface area contributed by atoms with Crippen LogP contribution < -0.4 is 4.72 Å². The smallest absolute Gasteiger partial charge is 0.333 e. The van der Waals surface area contributed by atoms with Gasteiger partial charge >= 0.3 is 5.97 Å². The molecule has 0 saturated carbocycles. The van der Waals surface area contributed by atoms with E-state index in [2.05, 4.69) is 18.6 Å². The number of carboxylic acid groups (broad SMARTS) is 1. The van der Waals surface area contributed by atoms with Crippen molar-refractivity contribution in [2.24, 2.45) is 5.92 Å². The van der Waals surface area contributed by atoms with Crippen molar-refractivity contribution >= 4 is 16.0 Å². The summed E-state index contributed by atoms with van der Waals surface area (Å²) in [5.41, 5.74) is 1.03. The van der Waals surface area contributed by atoms with E-state index in [0.29, 0.717) is 5.92 Å². The second kappa shape index (κ2) is 6.83. The first-order chi connectivity index (χ1) is 9.22. The standard InChI is InChI=1S/C13H19NO5S/c1-9(2)7-10-3-5-11(6-4-10)20(18,19)14-8-12(15)13(16)17/h3-6,9,12,14-15H,7-8H2,1-2H3,(H,16,17). The van der Waals surface area contributed by atoms with Gasteiger partial charge in [0.05, 0.1) is 4.90 Å². The van der Waals surface area contributed by atoms with Crippen LogP contribution in [-0.4, -0.2) is 37.2 Å². The summed E-state index contributed by atoms with van der Waals surface area (Å²) in [6.45, 7) is 3.57. The molecular formula is C13H19NO5S. The van der Waals surface area contributed by atoms with E-state index >= 15 is 0 Å². The molecule has 0 aliphatic rings. The minimum absolute atomic E-state index is 0.0441. The van der Waals surface area contributed by atoms with Gasteiger partial charge in [-0.25, -0.2) is 17.9 Å². The highest BCUT2D eigenvalue weighted by Gasteiger charge is 2.19. The number of hydrogen-bond acceptors (Lipinski definition) is 4. The molecule has 20 heavy (non-hydrogen) atoms. The van der Waals surface area contributed by atoms with Crippen molar-refractivity contribution in [1.29, 1.82) is 0 Å². The molecule has 0 spiro atoms. The quantitative estimate of drug-likeness (QED) is 0.684. The van der Waals surface area contributed by atoms with E-state index in [1.807, 2.05) is 0 Å².